The third-order valence-corrected chi connectivity index (χ3v) is 11.5. The Morgan fingerprint density at radius 3 is 1.11 bits per heavy atom. The largest absolute Gasteiger partial charge is 0.466 e. The van der Waals surface area contributed by atoms with Crippen LogP contribution in [0.4, 0.5) is 0 Å². The van der Waals surface area contributed by atoms with Crippen LogP contribution in [-0.2, 0) is 47.7 Å². The lowest BCUT2D eigenvalue weighted by Gasteiger charge is -2.32. The highest BCUT2D eigenvalue weighted by Crippen LogP contribution is 2.27. The number of carbonyl (C=O) groups excluding carboxylic acids is 5. The predicted octanol–water partition coefficient (Wildman–Crippen LogP) is 11.9. The van der Waals surface area contributed by atoms with E-state index in [1.807, 2.05) is 19.0 Å². The zero-order valence-corrected chi connectivity index (χ0v) is 40.4. The summed E-state index contributed by atoms with van der Waals surface area (Å²) in [5, 5.41) is 0. The molecule has 0 aliphatic rings. The number of ether oxygens (including phenoxy) is 5. The molecular formula is C50H93NO10. The van der Waals surface area contributed by atoms with Gasteiger partial charge in [-0.25, -0.2) is 0 Å². The molecule has 0 aromatic rings. The smallest absolute Gasteiger partial charge is 0.306 e. The van der Waals surface area contributed by atoms with Crippen LogP contribution < -0.4 is 0 Å². The van der Waals surface area contributed by atoms with Gasteiger partial charge in [-0.3, -0.25) is 24.0 Å². The van der Waals surface area contributed by atoms with Crippen LogP contribution in [0.2, 0.25) is 0 Å². The molecule has 0 aromatic carbocycles. The molecule has 61 heavy (non-hydrogen) atoms. The van der Waals surface area contributed by atoms with E-state index in [9.17, 15) is 24.0 Å². The van der Waals surface area contributed by atoms with E-state index in [0.717, 1.165) is 122 Å². The number of esters is 5. The number of rotatable bonds is 43. The fourth-order valence-electron chi connectivity index (χ4n) is 7.41. The second-order valence-corrected chi connectivity index (χ2v) is 18.0. The third-order valence-electron chi connectivity index (χ3n) is 11.5. The first-order valence-electron chi connectivity index (χ1n) is 24.9. The Labute approximate surface area is 373 Å². The van der Waals surface area contributed by atoms with Crippen LogP contribution in [0.5, 0.6) is 0 Å². The average Bonchev–Trinajstić information content (AvgIpc) is 3.23. The summed E-state index contributed by atoms with van der Waals surface area (Å²) in [5.41, 5.74) is -1.35. The van der Waals surface area contributed by atoms with Gasteiger partial charge >= 0.3 is 29.8 Å². The quantitative estimate of drug-likeness (QED) is 0.0329. The Morgan fingerprint density at radius 1 is 0.393 bits per heavy atom. The van der Waals surface area contributed by atoms with Crippen molar-refractivity contribution in [3.63, 3.8) is 0 Å². The number of hydrogen-bond donors (Lipinski definition) is 0. The van der Waals surface area contributed by atoms with E-state index in [1.54, 1.807) is 0 Å². The molecule has 0 aromatic heterocycles. The van der Waals surface area contributed by atoms with E-state index in [-0.39, 0.29) is 82.3 Å². The summed E-state index contributed by atoms with van der Waals surface area (Å²) in [7, 11) is 3.86. The first-order chi connectivity index (χ1) is 29.4. The summed E-state index contributed by atoms with van der Waals surface area (Å²) in [6.45, 7) is 10.7. The lowest BCUT2D eigenvalue weighted by Crippen LogP contribution is -2.44. The van der Waals surface area contributed by atoms with Crippen molar-refractivity contribution in [2.24, 2.45) is 17.3 Å². The molecule has 0 radical (unpaired) electrons. The number of unbranched alkanes of at least 4 members (excludes halogenated alkanes) is 14. The zero-order valence-electron chi connectivity index (χ0n) is 40.4. The molecule has 0 saturated carbocycles. The summed E-state index contributed by atoms with van der Waals surface area (Å²) in [6.07, 6.45) is 25.4. The summed E-state index contributed by atoms with van der Waals surface area (Å²) in [5.74, 6) is -1.95. The fraction of sp³-hybridized carbons (Fsp3) is 0.900. The number of hydrogen-bond acceptors (Lipinski definition) is 11. The first-order valence-corrected chi connectivity index (χ1v) is 24.9. The van der Waals surface area contributed by atoms with Gasteiger partial charge in [0.25, 0.3) is 0 Å². The van der Waals surface area contributed by atoms with Crippen LogP contribution in [0, 0.1) is 17.3 Å². The molecule has 0 aliphatic carbocycles. The maximum atomic E-state index is 13.5. The van der Waals surface area contributed by atoms with E-state index >= 15 is 0 Å². The molecular weight excluding hydrogens is 775 g/mol. The minimum Gasteiger partial charge on any atom is -0.466 e. The van der Waals surface area contributed by atoms with Crippen molar-refractivity contribution >= 4 is 29.8 Å². The molecule has 0 amide bonds. The minimum absolute atomic E-state index is 0.137. The standard InChI is InChI=1S/C50H93NO10/c1-8-13-18-19-20-21-26-36-57-46(53)33-34-47(54)59-40-50(39-58-45(52)32-27-35-51(6)7,41-60-48(55)37-43(28-22-14-9-2)29-23-15-10-3)42-61-49(56)38-44(30-24-16-11-4)31-25-17-12-5/h43-44H,8-42H2,1-7H3. The maximum Gasteiger partial charge on any atom is 0.306 e. The first kappa shape index (κ1) is 58.3. The van der Waals surface area contributed by atoms with Crippen LogP contribution in [-0.4, -0.2) is 88.4 Å². The van der Waals surface area contributed by atoms with Gasteiger partial charge in [0.2, 0.25) is 0 Å². The van der Waals surface area contributed by atoms with Crippen LogP contribution in [0.1, 0.15) is 221 Å². The average molecular weight is 868 g/mol. The van der Waals surface area contributed by atoms with Gasteiger partial charge in [-0.2, -0.15) is 0 Å². The Bertz CT molecular complexity index is 1050. The third kappa shape index (κ3) is 35.5. The molecule has 0 saturated heterocycles. The van der Waals surface area contributed by atoms with Gasteiger partial charge in [0.1, 0.15) is 31.8 Å². The van der Waals surface area contributed by atoms with Crippen LogP contribution in [0.25, 0.3) is 0 Å². The SMILES string of the molecule is CCCCCCCCCOC(=O)CCC(=O)OCC(COC(=O)CCCN(C)C)(COC(=O)CC(CCCCC)CCCCC)COC(=O)CC(CCCCC)CCCCC. The minimum atomic E-state index is -1.35. The van der Waals surface area contributed by atoms with Crippen molar-refractivity contribution in [3.05, 3.63) is 0 Å². The van der Waals surface area contributed by atoms with Gasteiger partial charge < -0.3 is 28.6 Å². The Kier molecular flexibility index (Phi) is 38.3. The molecule has 11 heteroatoms. The van der Waals surface area contributed by atoms with Crippen molar-refractivity contribution in [3.8, 4) is 0 Å². The van der Waals surface area contributed by atoms with Crippen molar-refractivity contribution in [2.75, 3.05) is 53.7 Å². The van der Waals surface area contributed by atoms with Gasteiger partial charge in [0.05, 0.1) is 19.4 Å². The molecule has 0 spiro atoms. The molecule has 11 nitrogen and oxygen atoms in total. The van der Waals surface area contributed by atoms with E-state index < -0.39 is 23.3 Å². The monoisotopic (exact) mass is 868 g/mol. The molecule has 0 aliphatic heterocycles. The molecule has 0 bridgehead atoms. The lowest BCUT2D eigenvalue weighted by atomic mass is 9.90. The van der Waals surface area contributed by atoms with E-state index in [2.05, 4.69) is 34.6 Å². The van der Waals surface area contributed by atoms with Crippen molar-refractivity contribution in [2.45, 2.75) is 221 Å². The highest BCUT2D eigenvalue weighted by atomic mass is 16.6. The van der Waals surface area contributed by atoms with Gasteiger partial charge in [0.15, 0.2) is 0 Å². The van der Waals surface area contributed by atoms with Gasteiger partial charge in [-0.1, -0.05) is 150 Å². The Morgan fingerprint density at radius 2 is 0.721 bits per heavy atom. The second kappa shape index (κ2) is 40.1. The van der Waals surface area contributed by atoms with Crippen molar-refractivity contribution in [1.29, 1.82) is 0 Å². The molecule has 0 fully saturated rings. The molecule has 0 atom stereocenters. The van der Waals surface area contributed by atoms with E-state index in [1.165, 1.54) is 25.7 Å². The summed E-state index contributed by atoms with van der Waals surface area (Å²) >= 11 is 0. The molecule has 0 heterocycles. The topological polar surface area (TPSA) is 135 Å². The Hall–Kier alpha value is -2.69. The number of nitrogens with zero attached hydrogens (tertiary/aromatic N) is 1. The molecule has 0 unspecified atom stereocenters. The van der Waals surface area contributed by atoms with Crippen LogP contribution in [0.3, 0.4) is 0 Å². The highest BCUT2D eigenvalue weighted by Gasteiger charge is 2.38. The van der Waals surface area contributed by atoms with Gasteiger partial charge in [0, 0.05) is 19.3 Å². The Balaban J connectivity index is 6.10. The van der Waals surface area contributed by atoms with E-state index in [0.29, 0.717) is 19.6 Å². The lowest BCUT2D eigenvalue weighted by molar-refractivity contribution is -0.172. The summed E-state index contributed by atoms with van der Waals surface area (Å²) < 4.78 is 28.9. The van der Waals surface area contributed by atoms with Gasteiger partial charge in [-0.15, -0.1) is 0 Å². The van der Waals surface area contributed by atoms with E-state index in [4.69, 9.17) is 23.7 Å². The molecule has 358 valence electrons. The molecule has 0 N–H and O–H groups in total. The van der Waals surface area contributed by atoms with Crippen molar-refractivity contribution < 1.29 is 47.7 Å². The normalized spacial score (nSPS) is 11.6. The van der Waals surface area contributed by atoms with Crippen LogP contribution >= 0.6 is 0 Å². The second-order valence-electron chi connectivity index (χ2n) is 18.0. The van der Waals surface area contributed by atoms with Crippen molar-refractivity contribution in [1.82, 2.24) is 4.90 Å². The highest BCUT2D eigenvalue weighted by molar-refractivity contribution is 5.77. The number of carbonyl (C=O) groups is 5. The summed E-state index contributed by atoms with van der Waals surface area (Å²) in [6, 6.07) is 0. The molecule has 0 rings (SSSR count). The maximum absolute atomic E-state index is 13.5. The van der Waals surface area contributed by atoms with Crippen LogP contribution in [0.15, 0.2) is 0 Å². The zero-order chi connectivity index (χ0) is 45.4. The predicted molar refractivity (Wildman–Crippen MR) is 245 cm³/mol. The van der Waals surface area contributed by atoms with Gasteiger partial charge in [-0.05, 0) is 71.0 Å². The summed E-state index contributed by atoms with van der Waals surface area (Å²) in [4.78, 5) is 67.7. The fourth-order valence-corrected chi connectivity index (χ4v) is 7.41.